The minimum absolute atomic E-state index is 0.147. The maximum Gasteiger partial charge on any atom is 0.257 e. The molecule has 0 bridgehead atoms. The number of carbonyl (C=O) groups is 2. The summed E-state index contributed by atoms with van der Waals surface area (Å²) in [6.45, 7) is 11.9. The molecule has 6 heteroatoms. The summed E-state index contributed by atoms with van der Waals surface area (Å²) in [7, 11) is 1.64. The first-order chi connectivity index (χ1) is 16.5. The lowest BCUT2D eigenvalue weighted by Gasteiger charge is -2.09. The Morgan fingerprint density at radius 2 is 1.59 bits per heavy atom. The second-order valence-electron chi connectivity index (χ2n) is 7.09. The Kier molecular flexibility index (Phi) is 12.5. The number of fused-ring (bicyclic) bond motifs is 1. The van der Waals surface area contributed by atoms with Crippen molar-refractivity contribution in [2.45, 2.75) is 48.0 Å². The van der Waals surface area contributed by atoms with E-state index in [2.05, 4.69) is 20.6 Å². The summed E-state index contributed by atoms with van der Waals surface area (Å²) in [4.78, 5) is 33.3. The predicted molar refractivity (Wildman–Crippen MR) is 143 cm³/mol. The van der Waals surface area contributed by atoms with Gasteiger partial charge >= 0.3 is 0 Å². The summed E-state index contributed by atoms with van der Waals surface area (Å²) in [5.41, 5.74) is 3.72. The number of hydrogen-bond donors (Lipinski definition) is 2. The Morgan fingerprint density at radius 1 is 0.941 bits per heavy atom. The fraction of sp³-hybridized carbons (Fsp3) is 0.286. The van der Waals surface area contributed by atoms with E-state index in [1.807, 2.05) is 84.0 Å². The third-order valence-corrected chi connectivity index (χ3v) is 4.39. The number of aliphatic imine (C=N–C) groups is 1. The smallest absolute Gasteiger partial charge is 0.257 e. The summed E-state index contributed by atoms with van der Waals surface area (Å²) < 4.78 is 0. The van der Waals surface area contributed by atoms with E-state index in [1.54, 1.807) is 31.4 Å². The van der Waals surface area contributed by atoms with Crippen molar-refractivity contribution in [1.29, 1.82) is 0 Å². The summed E-state index contributed by atoms with van der Waals surface area (Å²) in [6, 6.07) is 16.5. The second-order valence-corrected chi connectivity index (χ2v) is 7.09. The van der Waals surface area contributed by atoms with E-state index in [9.17, 15) is 9.59 Å². The van der Waals surface area contributed by atoms with Crippen LogP contribution in [0.4, 0.5) is 5.69 Å². The number of amidine groups is 1. The SMILES string of the molecule is CC.CC.CN=C(C=C(C)C)NC(=O)Cc1ccc(NC(=O)c2cccc3cccnc23)cc1. The van der Waals surface area contributed by atoms with E-state index < -0.39 is 0 Å². The quantitative estimate of drug-likeness (QED) is 0.352. The lowest BCUT2D eigenvalue weighted by atomic mass is 10.1. The highest BCUT2D eigenvalue weighted by atomic mass is 16.2. The van der Waals surface area contributed by atoms with E-state index in [-0.39, 0.29) is 18.2 Å². The van der Waals surface area contributed by atoms with Gasteiger partial charge in [0.05, 0.1) is 17.5 Å². The van der Waals surface area contributed by atoms with Crippen molar-refractivity contribution in [2.24, 2.45) is 4.99 Å². The maximum atomic E-state index is 12.7. The molecule has 0 saturated carbocycles. The Bertz CT molecular complexity index is 1120. The van der Waals surface area contributed by atoms with Crippen LogP contribution in [-0.2, 0) is 11.2 Å². The molecule has 1 aromatic heterocycles. The van der Waals surface area contributed by atoms with Gasteiger partial charge in [-0.05, 0) is 49.8 Å². The van der Waals surface area contributed by atoms with Crippen LogP contribution in [0.5, 0.6) is 0 Å². The molecular formula is C28H36N4O2. The molecule has 1 heterocycles. The summed E-state index contributed by atoms with van der Waals surface area (Å²) in [6.07, 6.45) is 3.71. The number of rotatable bonds is 5. The highest BCUT2D eigenvalue weighted by molar-refractivity contribution is 6.11. The zero-order chi connectivity index (χ0) is 25.5. The van der Waals surface area contributed by atoms with Gasteiger partial charge in [0.1, 0.15) is 5.84 Å². The minimum atomic E-state index is -0.227. The molecule has 0 spiro atoms. The molecule has 3 aromatic rings. The first kappa shape index (κ1) is 28.2. The van der Waals surface area contributed by atoms with Crippen LogP contribution in [0.25, 0.3) is 10.9 Å². The van der Waals surface area contributed by atoms with E-state index >= 15 is 0 Å². The third kappa shape index (κ3) is 8.62. The van der Waals surface area contributed by atoms with Crippen molar-refractivity contribution in [2.75, 3.05) is 12.4 Å². The van der Waals surface area contributed by atoms with Crippen LogP contribution in [0.1, 0.15) is 57.5 Å². The summed E-state index contributed by atoms with van der Waals surface area (Å²) in [5, 5.41) is 6.59. The zero-order valence-electron chi connectivity index (χ0n) is 21.3. The van der Waals surface area contributed by atoms with Crippen LogP contribution in [0.3, 0.4) is 0 Å². The highest BCUT2D eigenvalue weighted by Gasteiger charge is 2.11. The number of nitrogens with zero attached hydrogens (tertiary/aromatic N) is 2. The van der Waals surface area contributed by atoms with Crippen LogP contribution >= 0.6 is 0 Å². The Labute approximate surface area is 203 Å². The van der Waals surface area contributed by atoms with Crippen molar-refractivity contribution in [3.63, 3.8) is 0 Å². The molecule has 0 unspecified atom stereocenters. The molecule has 0 aliphatic carbocycles. The Hall–Kier alpha value is -3.80. The fourth-order valence-corrected chi connectivity index (χ4v) is 2.99. The van der Waals surface area contributed by atoms with Crippen molar-refractivity contribution in [1.82, 2.24) is 10.3 Å². The van der Waals surface area contributed by atoms with Gasteiger partial charge in [0, 0.05) is 24.3 Å². The van der Waals surface area contributed by atoms with E-state index in [0.717, 1.165) is 16.5 Å². The highest BCUT2D eigenvalue weighted by Crippen LogP contribution is 2.18. The maximum absolute atomic E-state index is 12.7. The lowest BCUT2D eigenvalue weighted by Crippen LogP contribution is -2.30. The van der Waals surface area contributed by atoms with Crippen LogP contribution in [0.2, 0.25) is 0 Å². The van der Waals surface area contributed by atoms with Crippen LogP contribution in [0, 0.1) is 0 Å². The summed E-state index contributed by atoms with van der Waals surface area (Å²) >= 11 is 0. The largest absolute Gasteiger partial charge is 0.322 e. The number of anilines is 1. The molecule has 3 rings (SSSR count). The normalized spacial score (nSPS) is 10.1. The van der Waals surface area contributed by atoms with Gasteiger partial charge in [-0.2, -0.15) is 0 Å². The average molecular weight is 461 g/mol. The summed E-state index contributed by atoms with van der Waals surface area (Å²) in [5.74, 6) is 0.162. The van der Waals surface area contributed by atoms with Gasteiger partial charge in [0.2, 0.25) is 5.91 Å². The molecule has 2 aromatic carbocycles. The molecule has 0 aliphatic rings. The zero-order valence-corrected chi connectivity index (χ0v) is 21.3. The first-order valence-corrected chi connectivity index (χ1v) is 11.6. The first-order valence-electron chi connectivity index (χ1n) is 11.6. The van der Waals surface area contributed by atoms with Crippen molar-refractivity contribution >= 4 is 34.2 Å². The van der Waals surface area contributed by atoms with E-state index in [4.69, 9.17) is 0 Å². The molecule has 2 N–H and O–H groups in total. The molecule has 34 heavy (non-hydrogen) atoms. The molecule has 0 fully saturated rings. The number of nitrogens with one attached hydrogen (secondary N) is 2. The number of pyridine rings is 1. The standard InChI is InChI=1S/C24H24N4O2.2C2H6/c1-16(2)14-21(25-3)28-22(29)15-17-9-11-19(12-10-17)27-24(30)20-8-4-6-18-7-5-13-26-23(18)20;2*1-2/h4-14H,15H2,1-3H3,(H,27,30)(H,25,28,29);2*1-2H3. The van der Waals surface area contributed by atoms with Gasteiger partial charge in [-0.3, -0.25) is 19.6 Å². The number of carbonyl (C=O) groups excluding carboxylic acids is 2. The molecule has 0 aliphatic heterocycles. The molecule has 0 saturated heterocycles. The molecular weight excluding hydrogens is 424 g/mol. The van der Waals surface area contributed by atoms with Crippen molar-refractivity contribution < 1.29 is 9.59 Å². The van der Waals surface area contributed by atoms with Gasteiger partial charge in [0.25, 0.3) is 5.91 Å². The Balaban J connectivity index is 0.00000137. The third-order valence-electron chi connectivity index (χ3n) is 4.39. The van der Waals surface area contributed by atoms with Gasteiger partial charge in [0.15, 0.2) is 0 Å². The van der Waals surface area contributed by atoms with Gasteiger partial charge < -0.3 is 10.6 Å². The average Bonchev–Trinajstić information content (AvgIpc) is 2.86. The van der Waals surface area contributed by atoms with Crippen molar-refractivity contribution in [3.05, 3.63) is 83.6 Å². The predicted octanol–water partition coefficient (Wildman–Crippen LogP) is 6.19. The number of amides is 2. The van der Waals surface area contributed by atoms with Gasteiger partial charge in [-0.15, -0.1) is 0 Å². The number of aromatic nitrogens is 1. The number of benzene rings is 2. The van der Waals surface area contributed by atoms with Crippen molar-refractivity contribution in [3.8, 4) is 0 Å². The fourth-order valence-electron chi connectivity index (χ4n) is 2.99. The molecule has 0 atom stereocenters. The second kappa shape index (κ2) is 15.1. The van der Waals surface area contributed by atoms with Gasteiger partial charge in [-0.1, -0.05) is 63.6 Å². The van der Waals surface area contributed by atoms with Crippen LogP contribution in [0.15, 0.2) is 77.4 Å². The van der Waals surface area contributed by atoms with Crippen LogP contribution < -0.4 is 10.6 Å². The topological polar surface area (TPSA) is 83.5 Å². The lowest BCUT2D eigenvalue weighted by molar-refractivity contribution is -0.119. The molecule has 6 nitrogen and oxygen atoms in total. The number of hydrogen-bond acceptors (Lipinski definition) is 4. The monoisotopic (exact) mass is 460 g/mol. The van der Waals surface area contributed by atoms with Crippen LogP contribution in [-0.4, -0.2) is 29.7 Å². The van der Waals surface area contributed by atoms with E-state index in [0.29, 0.717) is 22.6 Å². The number of para-hydroxylation sites is 1. The molecule has 180 valence electrons. The number of allylic oxidation sites excluding steroid dienone is 1. The Morgan fingerprint density at radius 3 is 2.21 bits per heavy atom. The van der Waals surface area contributed by atoms with Gasteiger partial charge in [-0.25, -0.2) is 0 Å². The molecule has 2 amide bonds. The molecule has 0 radical (unpaired) electrons. The van der Waals surface area contributed by atoms with E-state index in [1.165, 1.54) is 0 Å². The minimum Gasteiger partial charge on any atom is -0.322 e.